The van der Waals surface area contributed by atoms with Gasteiger partial charge in [0.1, 0.15) is 0 Å². The van der Waals surface area contributed by atoms with Gasteiger partial charge in [-0.15, -0.1) is 0 Å². The van der Waals surface area contributed by atoms with Crippen LogP contribution in [0.25, 0.3) is 0 Å². The highest BCUT2D eigenvalue weighted by Crippen LogP contribution is 2.40. The lowest BCUT2D eigenvalue weighted by Gasteiger charge is -2.29. The summed E-state index contributed by atoms with van der Waals surface area (Å²) in [6, 6.07) is 0. The fourth-order valence-electron chi connectivity index (χ4n) is 2.33. The van der Waals surface area contributed by atoms with Gasteiger partial charge < -0.3 is 9.84 Å². The van der Waals surface area contributed by atoms with E-state index in [9.17, 15) is 4.79 Å². The monoisotopic (exact) mass is 248 g/mol. The van der Waals surface area contributed by atoms with Crippen LogP contribution in [0.15, 0.2) is 0 Å². The van der Waals surface area contributed by atoms with Crippen molar-refractivity contribution in [1.82, 2.24) is 0 Å². The quantitative estimate of drug-likeness (QED) is 0.719. The molecule has 13 heavy (non-hydrogen) atoms. The van der Waals surface area contributed by atoms with E-state index in [1.807, 2.05) is 0 Å². The van der Waals surface area contributed by atoms with Crippen molar-refractivity contribution >= 4 is 21.9 Å². The molecule has 0 aromatic heterocycles. The van der Waals surface area contributed by atoms with Crippen molar-refractivity contribution < 1.29 is 14.6 Å². The minimum atomic E-state index is -0.648. The molecule has 0 bridgehead atoms. The van der Waals surface area contributed by atoms with Crippen LogP contribution in [0.3, 0.4) is 0 Å². The molecular formula is C9H13BrO3. The summed E-state index contributed by atoms with van der Waals surface area (Å²) in [6.07, 6.45) is 2.76. The van der Waals surface area contributed by atoms with Crippen molar-refractivity contribution in [2.24, 2.45) is 11.8 Å². The molecular weight excluding hydrogens is 236 g/mol. The standard InChI is InChI=1S/C9H13BrO3/c10-7-4-13-8-2-1-5(9(11)12)3-6(7)8/h5-8H,1-4H2,(H,11,12). The first-order chi connectivity index (χ1) is 6.18. The molecule has 1 aliphatic heterocycles. The van der Waals surface area contributed by atoms with Gasteiger partial charge >= 0.3 is 5.97 Å². The second kappa shape index (κ2) is 3.58. The Hall–Kier alpha value is -0.0900. The second-order valence-corrected chi connectivity index (χ2v) is 5.08. The number of ether oxygens (including phenoxy) is 1. The number of carbonyl (C=O) groups is 1. The number of aliphatic carboxylic acids is 1. The van der Waals surface area contributed by atoms with Crippen LogP contribution in [0.1, 0.15) is 19.3 Å². The van der Waals surface area contributed by atoms with E-state index < -0.39 is 5.97 Å². The van der Waals surface area contributed by atoms with E-state index in [1.54, 1.807) is 0 Å². The van der Waals surface area contributed by atoms with Gasteiger partial charge in [0, 0.05) is 10.7 Å². The smallest absolute Gasteiger partial charge is 0.306 e. The van der Waals surface area contributed by atoms with E-state index in [0.29, 0.717) is 16.8 Å². The van der Waals surface area contributed by atoms with Crippen molar-refractivity contribution in [3.05, 3.63) is 0 Å². The van der Waals surface area contributed by atoms with Crippen molar-refractivity contribution in [1.29, 1.82) is 0 Å². The molecule has 0 spiro atoms. The van der Waals surface area contributed by atoms with Crippen LogP contribution >= 0.6 is 15.9 Å². The molecule has 0 amide bonds. The molecule has 4 heteroatoms. The summed E-state index contributed by atoms with van der Waals surface area (Å²) < 4.78 is 5.56. The van der Waals surface area contributed by atoms with E-state index >= 15 is 0 Å². The molecule has 1 saturated heterocycles. The summed E-state index contributed by atoms with van der Waals surface area (Å²) in [4.78, 5) is 11.2. The van der Waals surface area contributed by atoms with Gasteiger partial charge in [-0.05, 0) is 19.3 Å². The van der Waals surface area contributed by atoms with Gasteiger partial charge in [0.2, 0.25) is 0 Å². The number of fused-ring (bicyclic) bond motifs is 1. The molecule has 3 nitrogen and oxygen atoms in total. The number of halogens is 1. The lowest BCUT2D eigenvalue weighted by Crippen LogP contribution is -2.32. The molecule has 2 rings (SSSR count). The average molecular weight is 249 g/mol. The predicted molar refractivity (Wildman–Crippen MR) is 50.9 cm³/mol. The van der Waals surface area contributed by atoms with Gasteiger partial charge in [-0.2, -0.15) is 0 Å². The Balaban J connectivity index is 2.01. The average Bonchev–Trinajstić information content (AvgIpc) is 2.47. The zero-order valence-corrected chi connectivity index (χ0v) is 8.87. The third-order valence-corrected chi connectivity index (χ3v) is 4.06. The van der Waals surface area contributed by atoms with Crippen LogP contribution in [0.5, 0.6) is 0 Å². The Labute approximate surface area is 85.6 Å². The van der Waals surface area contributed by atoms with Crippen molar-refractivity contribution in [2.75, 3.05) is 6.61 Å². The van der Waals surface area contributed by atoms with Gasteiger partial charge in [0.05, 0.1) is 18.6 Å². The van der Waals surface area contributed by atoms with Gasteiger partial charge in [0.15, 0.2) is 0 Å². The summed E-state index contributed by atoms with van der Waals surface area (Å²) >= 11 is 3.54. The summed E-state index contributed by atoms with van der Waals surface area (Å²) in [5.74, 6) is -0.386. The number of carboxylic acids is 1. The fourth-order valence-corrected chi connectivity index (χ4v) is 3.04. The molecule has 1 aliphatic carbocycles. The lowest BCUT2D eigenvalue weighted by molar-refractivity contribution is -0.144. The maximum absolute atomic E-state index is 10.8. The Morgan fingerprint density at radius 3 is 2.92 bits per heavy atom. The summed E-state index contributed by atoms with van der Waals surface area (Å²) in [7, 11) is 0. The minimum absolute atomic E-state index is 0.150. The molecule has 2 aliphatic rings. The zero-order valence-electron chi connectivity index (χ0n) is 7.28. The van der Waals surface area contributed by atoms with E-state index in [4.69, 9.17) is 9.84 Å². The highest BCUT2D eigenvalue weighted by atomic mass is 79.9. The Morgan fingerprint density at radius 1 is 1.46 bits per heavy atom. The van der Waals surface area contributed by atoms with Crippen LogP contribution in [-0.4, -0.2) is 28.6 Å². The Morgan fingerprint density at radius 2 is 2.23 bits per heavy atom. The summed E-state index contributed by atoms with van der Waals surface area (Å²) in [6.45, 7) is 0.738. The largest absolute Gasteiger partial charge is 0.481 e. The van der Waals surface area contributed by atoms with Gasteiger partial charge in [-0.25, -0.2) is 0 Å². The number of carboxylic acid groups (broad SMARTS) is 1. The lowest BCUT2D eigenvalue weighted by atomic mass is 9.79. The number of hydrogen-bond acceptors (Lipinski definition) is 2. The zero-order chi connectivity index (χ0) is 9.42. The van der Waals surface area contributed by atoms with Gasteiger partial charge in [-0.1, -0.05) is 15.9 Å². The van der Waals surface area contributed by atoms with Crippen LogP contribution in [-0.2, 0) is 9.53 Å². The fraction of sp³-hybridized carbons (Fsp3) is 0.889. The van der Waals surface area contributed by atoms with E-state index in [2.05, 4.69) is 15.9 Å². The normalized spacial score (nSPS) is 44.4. The maximum atomic E-state index is 10.8. The first-order valence-electron chi connectivity index (χ1n) is 4.67. The van der Waals surface area contributed by atoms with Gasteiger partial charge in [-0.3, -0.25) is 4.79 Å². The number of hydrogen-bond donors (Lipinski definition) is 1. The molecule has 4 unspecified atom stereocenters. The topological polar surface area (TPSA) is 46.5 Å². The predicted octanol–water partition coefficient (Wildman–Crippen LogP) is 1.65. The van der Waals surface area contributed by atoms with Crippen molar-refractivity contribution in [3.8, 4) is 0 Å². The molecule has 0 aromatic rings. The number of rotatable bonds is 1. The third kappa shape index (κ3) is 1.74. The first-order valence-corrected chi connectivity index (χ1v) is 5.58. The molecule has 1 N–H and O–H groups in total. The van der Waals surface area contributed by atoms with Crippen molar-refractivity contribution in [2.45, 2.75) is 30.2 Å². The van der Waals surface area contributed by atoms with Gasteiger partial charge in [0.25, 0.3) is 0 Å². The minimum Gasteiger partial charge on any atom is -0.481 e. The number of alkyl halides is 1. The molecule has 0 radical (unpaired) electrons. The molecule has 4 atom stereocenters. The highest BCUT2D eigenvalue weighted by Gasteiger charge is 2.42. The SMILES string of the molecule is O=C(O)C1CCC2OCC(Br)C2C1. The Kier molecular flexibility index (Phi) is 2.60. The Bertz CT molecular complexity index is 219. The first kappa shape index (κ1) is 9.46. The highest BCUT2D eigenvalue weighted by molar-refractivity contribution is 9.09. The van der Waals surface area contributed by atoms with Crippen LogP contribution < -0.4 is 0 Å². The molecule has 1 saturated carbocycles. The summed E-state index contributed by atoms with van der Waals surface area (Å²) in [5.41, 5.74) is 0. The molecule has 1 heterocycles. The maximum Gasteiger partial charge on any atom is 0.306 e. The van der Waals surface area contributed by atoms with E-state index in [1.165, 1.54) is 0 Å². The van der Waals surface area contributed by atoms with Crippen LogP contribution in [0.2, 0.25) is 0 Å². The summed E-state index contributed by atoms with van der Waals surface area (Å²) in [5, 5.41) is 8.89. The third-order valence-electron chi connectivity index (χ3n) is 3.12. The van der Waals surface area contributed by atoms with Crippen LogP contribution in [0.4, 0.5) is 0 Å². The molecule has 2 fully saturated rings. The molecule has 0 aromatic carbocycles. The molecule has 74 valence electrons. The van der Waals surface area contributed by atoms with E-state index in [-0.39, 0.29) is 5.92 Å². The van der Waals surface area contributed by atoms with E-state index in [0.717, 1.165) is 25.9 Å². The van der Waals surface area contributed by atoms with Crippen LogP contribution in [0, 0.1) is 11.8 Å². The second-order valence-electron chi connectivity index (χ2n) is 3.90. The van der Waals surface area contributed by atoms with Crippen molar-refractivity contribution in [3.63, 3.8) is 0 Å².